The molecule has 0 radical (unpaired) electrons. The van der Waals surface area contributed by atoms with Gasteiger partial charge in [0.05, 0.1) is 12.8 Å². The number of para-hydroxylation sites is 2. The van der Waals surface area contributed by atoms with Crippen LogP contribution in [0.2, 0.25) is 0 Å². The smallest absolute Gasteiger partial charge is 0.268 e. The van der Waals surface area contributed by atoms with Crippen molar-refractivity contribution in [2.24, 2.45) is 5.16 Å². The minimum absolute atomic E-state index is 0.190. The first-order valence-corrected chi connectivity index (χ1v) is 7.97. The van der Waals surface area contributed by atoms with E-state index in [9.17, 15) is 4.79 Å². The van der Waals surface area contributed by atoms with Crippen LogP contribution in [0.4, 0.5) is 5.69 Å². The summed E-state index contributed by atoms with van der Waals surface area (Å²) in [4.78, 5) is 17.8. The van der Waals surface area contributed by atoms with Crippen LogP contribution in [0.15, 0.2) is 53.7 Å². The summed E-state index contributed by atoms with van der Waals surface area (Å²) < 4.78 is 5.34. The first-order chi connectivity index (χ1) is 11.7. The van der Waals surface area contributed by atoms with Crippen molar-refractivity contribution < 1.29 is 14.4 Å². The molecular weight excluding hydrogens is 304 g/mol. The Morgan fingerprint density at radius 1 is 1.25 bits per heavy atom. The highest BCUT2D eigenvalue weighted by Gasteiger charge is 2.30. The van der Waals surface area contributed by atoms with E-state index in [2.05, 4.69) is 17.4 Å². The number of aryl methyl sites for hydroxylation is 1. The maximum atomic E-state index is 12.5. The van der Waals surface area contributed by atoms with E-state index >= 15 is 0 Å². The summed E-state index contributed by atoms with van der Waals surface area (Å²) >= 11 is 0. The van der Waals surface area contributed by atoms with Gasteiger partial charge in [-0.25, -0.2) is 0 Å². The summed E-state index contributed by atoms with van der Waals surface area (Å²) in [7, 11) is 1.61. The van der Waals surface area contributed by atoms with E-state index in [1.165, 1.54) is 0 Å². The number of carbonyl (C=O) groups excluding carboxylic acids is 1. The molecule has 0 bridgehead atoms. The molecule has 1 aliphatic heterocycles. The lowest BCUT2D eigenvalue weighted by molar-refractivity contribution is -0.125. The average Bonchev–Trinajstić information content (AvgIpc) is 3.12. The molecule has 24 heavy (non-hydrogen) atoms. The van der Waals surface area contributed by atoms with E-state index in [0.717, 1.165) is 34.7 Å². The largest absolute Gasteiger partial charge is 0.496 e. The molecule has 0 unspecified atom stereocenters. The summed E-state index contributed by atoms with van der Waals surface area (Å²) in [6, 6.07) is 15.3. The van der Waals surface area contributed by atoms with Gasteiger partial charge in [-0.05, 0) is 30.2 Å². The molecular formula is C19H20N2O3. The van der Waals surface area contributed by atoms with E-state index in [-0.39, 0.29) is 5.91 Å². The Morgan fingerprint density at radius 3 is 2.79 bits per heavy atom. The number of benzene rings is 2. The molecule has 1 N–H and O–H groups in total. The molecule has 1 atom stereocenters. The predicted octanol–water partition coefficient (Wildman–Crippen LogP) is 3.39. The molecule has 5 heteroatoms. The highest BCUT2D eigenvalue weighted by atomic mass is 16.6. The highest BCUT2D eigenvalue weighted by molar-refractivity contribution is 6.07. The molecule has 3 rings (SSSR count). The van der Waals surface area contributed by atoms with Crippen molar-refractivity contribution in [1.29, 1.82) is 0 Å². The Balaban J connectivity index is 1.69. The van der Waals surface area contributed by atoms with Gasteiger partial charge < -0.3 is 14.9 Å². The van der Waals surface area contributed by atoms with Gasteiger partial charge in [-0.2, -0.15) is 0 Å². The summed E-state index contributed by atoms with van der Waals surface area (Å²) in [5.74, 6) is 0.529. The fraction of sp³-hybridized carbons (Fsp3) is 0.263. The van der Waals surface area contributed by atoms with E-state index in [4.69, 9.17) is 9.57 Å². The molecule has 0 fully saturated rings. The number of rotatable bonds is 5. The van der Waals surface area contributed by atoms with Gasteiger partial charge in [0, 0.05) is 17.7 Å². The lowest BCUT2D eigenvalue weighted by atomic mass is 10.0. The zero-order chi connectivity index (χ0) is 16.9. The van der Waals surface area contributed by atoms with Gasteiger partial charge in [-0.3, -0.25) is 4.79 Å². The summed E-state index contributed by atoms with van der Waals surface area (Å²) in [6.07, 6.45) is 0.639. The van der Waals surface area contributed by atoms with E-state index in [1.807, 2.05) is 48.5 Å². The molecule has 1 amide bonds. The van der Waals surface area contributed by atoms with E-state index in [0.29, 0.717) is 6.42 Å². The third-order valence-electron chi connectivity index (χ3n) is 4.04. The molecule has 0 saturated heterocycles. The van der Waals surface area contributed by atoms with Gasteiger partial charge in [0.25, 0.3) is 5.91 Å². The molecule has 1 heterocycles. The average molecular weight is 324 g/mol. The SMILES string of the molecule is CCc1ccccc1NC(=O)[C@H]1CC(c2ccccc2OC)=NO1. The number of ether oxygens (including phenoxy) is 1. The zero-order valence-electron chi connectivity index (χ0n) is 13.8. The fourth-order valence-electron chi connectivity index (χ4n) is 2.72. The summed E-state index contributed by atoms with van der Waals surface area (Å²) in [5, 5.41) is 7.01. The quantitative estimate of drug-likeness (QED) is 0.917. The Bertz CT molecular complexity index is 771. The molecule has 0 aromatic heterocycles. The second kappa shape index (κ2) is 7.17. The number of nitrogens with zero attached hydrogens (tertiary/aromatic N) is 1. The Hall–Kier alpha value is -2.82. The van der Waals surface area contributed by atoms with Gasteiger partial charge >= 0.3 is 0 Å². The molecule has 0 spiro atoms. The van der Waals surface area contributed by atoms with Crippen LogP contribution in [-0.4, -0.2) is 24.8 Å². The lowest BCUT2D eigenvalue weighted by Crippen LogP contribution is -2.28. The van der Waals surface area contributed by atoms with Crippen LogP contribution in [0, 0.1) is 0 Å². The first-order valence-electron chi connectivity index (χ1n) is 7.97. The van der Waals surface area contributed by atoms with Crippen LogP contribution in [0.1, 0.15) is 24.5 Å². The van der Waals surface area contributed by atoms with Gasteiger partial charge in [-0.1, -0.05) is 42.4 Å². The van der Waals surface area contributed by atoms with Crippen LogP contribution < -0.4 is 10.1 Å². The number of hydrogen-bond acceptors (Lipinski definition) is 4. The number of carbonyl (C=O) groups is 1. The monoisotopic (exact) mass is 324 g/mol. The Labute approximate surface area is 141 Å². The lowest BCUT2D eigenvalue weighted by Gasteiger charge is -2.12. The molecule has 2 aromatic carbocycles. The fourth-order valence-corrected chi connectivity index (χ4v) is 2.72. The van der Waals surface area contributed by atoms with Crippen molar-refractivity contribution in [3.63, 3.8) is 0 Å². The molecule has 0 saturated carbocycles. The predicted molar refractivity (Wildman–Crippen MR) is 93.5 cm³/mol. The van der Waals surface area contributed by atoms with Gasteiger partial charge in [0.15, 0.2) is 0 Å². The number of oxime groups is 1. The highest BCUT2D eigenvalue weighted by Crippen LogP contribution is 2.25. The number of amides is 1. The maximum absolute atomic E-state index is 12.5. The normalized spacial score (nSPS) is 16.2. The third-order valence-corrected chi connectivity index (χ3v) is 4.04. The number of nitrogens with one attached hydrogen (secondary N) is 1. The van der Waals surface area contributed by atoms with Crippen LogP contribution in [-0.2, 0) is 16.1 Å². The second-order valence-electron chi connectivity index (χ2n) is 5.54. The van der Waals surface area contributed by atoms with E-state index < -0.39 is 6.10 Å². The van der Waals surface area contributed by atoms with E-state index in [1.54, 1.807) is 7.11 Å². The Morgan fingerprint density at radius 2 is 2.00 bits per heavy atom. The van der Waals surface area contributed by atoms with Crippen LogP contribution in [0.3, 0.4) is 0 Å². The zero-order valence-corrected chi connectivity index (χ0v) is 13.8. The van der Waals surface area contributed by atoms with Gasteiger partial charge in [0.2, 0.25) is 6.10 Å². The van der Waals surface area contributed by atoms with Crippen molar-refractivity contribution in [3.8, 4) is 5.75 Å². The minimum Gasteiger partial charge on any atom is -0.496 e. The van der Waals surface area contributed by atoms with Crippen molar-refractivity contribution in [3.05, 3.63) is 59.7 Å². The van der Waals surface area contributed by atoms with Gasteiger partial charge in [-0.15, -0.1) is 0 Å². The number of anilines is 1. The first kappa shape index (κ1) is 16.1. The maximum Gasteiger partial charge on any atom is 0.268 e. The summed E-state index contributed by atoms with van der Waals surface area (Å²) in [6.45, 7) is 2.06. The molecule has 2 aromatic rings. The molecule has 0 aliphatic carbocycles. The topological polar surface area (TPSA) is 59.9 Å². The molecule has 5 nitrogen and oxygen atoms in total. The molecule has 1 aliphatic rings. The second-order valence-corrected chi connectivity index (χ2v) is 5.54. The van der Waals surface area contributed by atoms with Crippen molar-refractivity contribution in [2.75, 3.05) is 12.4 Å². The van der Waals surface area contributed by atoms with Crippen LogP contribution >= 0.6 is 0 Å². The standard InChI is InChI=1S/C19H20N2O3/c1-3-13-8-4-6-10-15(13)20-19(22)18-12-16(21-24-18)14-9-5-7-11-17(14)23-2/h4-11,18H,3,12H2,1-2H3,(H,20,22)/t18-/m1/s1. The number of hydrogen-bond donors (Lipinski definition) is 1. The van der Waals surface area contributed by atoms with Gasteiger partial charge in [0.1, 0.15) is 5.75 Å². The minimum atomic E-state index is -0.630. The number of methoxy groups -OCH3 is 1. The van der Waals surface area contributed by atoms with Crippen molar-refractivity contribution in [1.82, 2.24) is 0 Å². The van der Waals surface area contributed by atoms with Crippen LogP contribution in [0.25, 0.3) is 0 Å². The summed E-state index contributed by atoms with van der Waals surface area (Å²) in [5.41, 5.74) is 3.48. The van der Waals surface area contributed by atoms with Crippen molar-refractivity contribution in [2.45, 2.75) is 25.9 Å². The Kier molecular flexibility index (Phi) is 4.79. The third kappa shape index (κ3) is 3.25. The molecule has 124 valence electrons. The van der Waals surface area contributed by atoms with Crippen molar-refractivity contribution >= 4 is 17.3 Å². The van der Waals surface area contributed by atoms with Crippen LogP contribution in [0.5, 0.6) is 5.75 Å².